The van der Waals surface area contributed by atoms with E-state index in [-0.39, 0.29) is 5.82 Å². The molecule has 5 rings (SSSR count). The van der Waals surface area contributed by atoms with Crippen LogP contribution in [0.25, 0.3) is 11.0 Å². The minimum Gasteiger partial charge on any atom is -0.460 e. The molecule has 0 amide bonds. The zero-order valence-electron chi connectivity index (χ0n) is 14.4. The highest BCUT2D eigenvalue weighted by atomic mass is 19.1. The Bertz CT molecular complexity index is 898. The monoisotopic (exact) mass is 353 g/mol. The highest BCUT2D eigenvalue weighted by Gasteiger charge is 2.35. The smallest absolute Gasteiger partial charge is 0.195 e. The molecule has 2 saturated heterocycles. The maximum Gasteiger partial charge on any atom is 0.195 e. The minimum atomic E-state index is -0.184. The van der Waals surface area contributed by atoms with Gasteiger partial charge in [-0.1, -0.05) is 0 Å². The van der Waals surface area contributed by atoms with Gasteiger partial charge in [0.2, 0.25) is 0 Å². The van der Waals surface area contributed by atoms with Gasteiger partial charge in [-0.2, -0.15) is 5.10 Å². The van der Waals surface area contributed by atoms with Crippen molar-refractivity contribution >= 4 is 22.5 Å². The number of aromatic nitrogens is 2. The first kappa shape index (κ1) is 15.6. The normalized spacial score (nSPS) is 19.1. The average molecular weight is 353 g/mol. The number of furan rings is 1. The summed E-state index contributed by atoms with van der Waals surface area (Å²) in [5, 5.41) is 9.33. The number of anilines is 2. The summed E-state index contributed by atoms with van der Waals surface area (Å²) in [6, 6.07) is 9.23. The van der Waals surface area contributed by atoms with Crippen LogP contribution in [0.2, 0.25) is 0 Å². The lowest BCUT2D eigenvalue weighted by atomic mass is 10.1. The molecule has 26 heavy (non-hydrogen) atoms. The molecule has 0 spiro atoms. The lowest BCUT2D eigenvalue weighted by molar-refractivity contribution is 0.156. The Balaban J connectivity index is 1.19. The molecule has 2 aromatic heterocycles. The van der Waals surface area contributed by atoms with Gasteiger partial charge in [-0.3, -0.25) is 4.90 Å². The van der Waals surface area contributed by atoms with Gasteiger partial charge in [0.15, 0.2) is 11.4 Å². The van der Waals surface area contributed by atoms with E-state index in [2.05, 4.69) is 24.9 Å². The molecular formula is C19H20FN5O. The fourth-order valence-electron chi connectivity index (χ4n) is 3.86. The topological polar surface area (TPSA) is 48.6 Å². The number of piperazine rings is 1. The predicted octanol–water partition coefficient (Wildman–Crippen LogP) is 2.37. The number of benzene rings is 1. The van der Waals surface area contributed by atoms with Crippen LogP contribution in [0.1, 0.15) is 0 Å². The molecule has 1 aromatic carbocycles. The molecule has 3 aromatic rings. The molecule has 0 bridgehead atoms. The average Bonchev–Trinajstić information content (AvgIpc) is 3.11. The molecule has 2 aliphatic rings. The Morgan fingerprint density at radius 1 is 0.962 bits per heavy atom. The van der Waals surface area contributed by atoms with Crippen LogP contribution in [0.5, 0.6) is 0 Å². The van der Waals surface area contributed by atoms with E-state index >= 15 is 0 Å². The summed E-state index contributed by atoms with van der Waals surface area (Å²) in [5.41, 5.74) is 1.92. The highest BCUT2D eigenvalue weighted by molar-refractivity contribution is 5.86. The molecule has 134 valence electrons. The number of halogens is 1. The predicted molar refractivity (Wildman–Crippen MR) is 98.0 cm³/mol. The minimum absolute atomic E-state index is 0.184. The standard InChI is InChI=1S/C19H20FN5O/c20-15-1-3-16(4-2-15)23-6-8-24(9-7-23)17-12-25(13-17)19-18-14(5-10-26-18)11-21-22-19/h1-5,10-11,17H,6-9,12-13H2. The van der Waals surface area contributed by atoms with Crippen LogP contribution in [0, 0.1) is 5.82 Å². The van der Waals surface area contributed by atoms with E-state index < -0.39 is 0 Å². The van der Waals surface area contributed by atoms with Crippen LogP contribution in [-0.2, 0) is 0 Å². The molecule has 2 fully saturated rings. The van der Waals surface area contributed by atoms with Crippen molar-refractivity contribution in [3.8, 4) is 0 Å². The Morgan fingerprint density at radius 2 is 1.73 bits per heavy atom. The summed E-state index contributed by atoms with van der Waals surface area (Å²) < 4.78 is 18.6. The van der Waals surface area contributed by atoms with Gasteiger partial charge in [0.05, 0.1) is 12.5 Å². The molecule has 0 N–H and O–H groups in total. The number of hydrogen-bond acceptors (Lipinski definition) is 6. The Morgan fingerprint density at radius 3 is 2.50 bits per heavy atom. The maximum absolute atomic E-state index is 13.1. The van der Waals surface area contributed by atoms with Gasteiger partial charge >= 0.3 is 0 Å². The quantitative estimate of drug-likeness (QED) is 0.721. The van der Waals surface area contributed by atoms with Crippen molar-refractivity contribution in [3.05, 3.63) is 48.6 Å². The van der Waals surface area contributed by atoms with Crippen molar-refractivity contribution in [2.45, 2.75) is 6.04 Å². The van der Waals surface area contributed by atoms with Crippen LogP contribution >= 0.6 is 0 Å². The number of fused-ring (bicyclic) bond motifs is 1. The number of nitrogens with zero attached hydrogens (tertiary/aromatic N) is 5. The number of hydrogen-bond donors (Lipinski definition) is 0. The van der Waals surface area contributed by atoms with E-state index in [0.717, 1.165) is 61.7 Å². The molecule has 0 radical (unpaired) electrons. The molecule has 4 heterocycles. The fourth-order valence-corrected chi connectivity index (χ4v) is 3.86. The van der Waals surface area contributed by atoms with Crippen molar-refractivity contribution in [1.82, 2.24) is 15.1 Å². The zero-order chi connectivity index (χ0) is 17.5. The van der Waals surface area contributed by atoms with Crippen molar-refractivity contribution in [3.63, 3.8) is 0 Å². The SMILES string of the molecule is Fc1ccc(N2CCN(C3CN(c4nncc5ccoc45)C3)CC2)cc1. The summed E-state index contributed by atoms with van der Waals surface area (Å²) in [6.07, 6.45) is 3.41. The molecule has 0 unspecified atom stereocenters. The van der Waals surface area contributed by atoms with Crippen LogP contribution in [-0.4, -0.2) is 60.4 Å². The van der Waals surface area contributed by atoms with Crippen LogP contribution in [0.4, 0.5) is 15.9 Å². The second-order valence-corrected chi connectivity index (χ2v) is 6.93. The van der Waals surface area contributed by atoms with E-state index in [1.807, 2.05) is 18.2 Å². The van der Waals surface area contributed by atoms with Gasteiger partial charge in [0.1, 0.15) is 5.82 Å². The molecule has 7 heteroatoms. The van der Waals surface area contributed by atoms with Gasteiger partial charge in [0, 0.05) is 56.4 Å². The van der Waals surface area contributed by atoms with Crippen molar-refractivity contribution in [2.24, 2.45) is 0 Å². The third-order valence-corrected chi connectivity index (χ3v) is 5.43. The first-order chi connectivity index (χ1) is 12.8. The Hall–Kier alpha value is -2.67. The van der Waals surface area contributed by atoms with E-state index in [1.54, 1.807) is 12.5 Å². The molecule has 0 atom stereocenters. The van der Waals surface area contributed by atoms with Gasteiger partial charge in [-0.25, -0.2) is 4.39 Å². The fraction of sp³-hybridized carbons (Fsp3) is 0.368. The van der Waals surface area contributed by atoms with E-state index in [1.165, 1.54) is 12.1 Å². The van der Waals surface area contributed by atoms with Gasteiger partial charge in [-0.05, 0) is 30.3 Å². The van der Waals surface area contributed by atoms with E-state index in [9.17, 15) is 4.39 Å². The first-order valence-electron chi connectivity index (χ1n) is 8.96. The largest absolute Gasteiger partial charge is 0.460 e. The zero-order valence-corrected chi connectivity index (χ0v) is 14.4. The van der Waals surface area contributed by atoms with Crippen molar-refractivity contribution in [2.75, 3.05) is 49.1 Å². The molecular weight excluding hydrogens is 333 g/mol. The van der Waals surface area contributed by atoms with Crippen molar-refractivity contribution < 1.29 is 8.81 Å². The summed E-state index contributed by atoms with van der Waals surface area (Å²) in [7, 11) is 0. The van der Waals surface area contributed by atoms with E-state index in [0.29, 0.717) is 6.04 Å². The summed E-state index contributed by atoms with van der Waals surface area (Å²) in [4.78, 5) is 7.09. The highest BCUT2D eigenvalue weighted by Crippen LogP contribution is 2.29. The third kappa shape index (κ3) is 2.68. The molecule has 0 saturated carbocycles. The molecule has 6 nitrogen and oxygen atoms in total. The Kier molecular flexibility index (Phi) is 3.74. The maximum atomic E-state index is 13.1. The summed E-state index contributed by atoms with van der Waals surface area (Å²) in [6.45, 7) is 5.88. The van der Waals surface area contributed by atoms with Crippen LogP contribution in [0.3, 0.4) is 0 Å². The lowest BCUT2D eigenvalue weighted by Gasteiger charge is -2.48. The van der Waals surface area contributed by atoms with Crippen molar-refractivity contribution in [1.29, 1.82) is 0 Å². The van der Waals surface area contributed by atoms with Gasteiger partial charge in [-0.15, -0.1) is 5.10 Å². The van der Waals surface area contributed by atoms with Crippen LogP contribution < -0.4 is 9.80 Å². The molecule has 0 aliphatic carbocycles. The second-order valence-electron chi connectivity index (χ2n) is 6.93. The van der Waals surface area contributed by atoms with Crippen LogP contribution in [0.15, 0.2) is 47.2 Å². The van der Waals surface area contributed by atoms with Gasteiger partial charge in [0.25, 0.3) is 0 Å². The third-order valence-electron chi connectivity index (χ3n) is 5.43. The second kappa shape index (κ2) is 6.25. The summed E-state index contributed by atoms with van der Waals surface area (Å²) in [5.74, 6) is 0.658. The molecule has 2 aliphatic heterocycles. The first-order valence-corrected chi connectivity index (χ1v) is 8.96. The van der Waals surface area contributed by atoms with E-state index in [4.69, 9.17) is 4.42 Å². The van der Waals surface area contributed by atoms with Gasteiger partial charge < -0.3 is 14.2 Å². The Labute approximate surface area is 150 Å². The number of rotatable bonds is 3. The lowest BCUT2D eigenvalue weighted by Crippen LogP contribution is -2.63. The summed E-state index contributed by atoms with van der Waals surface area (Å²) >= 11 is 0.